The standard InChI is InChI=1S/C15H20N2O2.C15H23NO5S.C14H21NO3.C10H15NO.C9H13NO/c1-15(2,3)19-14(18)17-13(10-7-11-16)12-8-5-4-6-9-12;1-15(2,3)21-14(17)16-13(10-11-20-22(4,18)19)12-8-6-5-7-9-12;1-14(2,3)18-13(17)15-12(9-10-16)11-7-5-4-6-8-11;11-10(7-4-8-12)9-5-2-1-3-6-9;10-9(6-7-11)8-4-2-1-3-5-8/h4-6,8-9,13H,7,10H2,1-3H3,(H,17,18);5-9,13H,10-11H2,1-4H3,(H,16,17);4-8,12,16H,9-10H2,1-3H3,(H,15,17);1-3,5-6,10,12H,4,7-8,11H2;1-5,9,11H,6-7,10H2/t2*13-;12-;10-;9-/m00000/s1. The van der Waals surface area contributed by atoms with Gasteiger partial charge in [0, 0.05) is 38.3 Å². The van der Waals surface area contributed by atoms with Crippen molar-refractivity contribution in [2.45, 2.75) is 154 Å². The molecule has 0 heterocycles. The summed E-state index contributed by atoms with van der Waals surface area (Å²) in [6.45, 7) is 16.6. The first-order valence-corrected chi connectivity index (χ1v) is 29.2. The number of aliphatic hydroxyl groups is 3. The van der Waals surface area contributed by atoms with E-state index < -0.39 is 51.2 Å². The highest BCUT2D eigenvalue weighted by molar-refractivity contribution is 7.85. The van der Waals surface area contributed by atoms with E-state index >= 15 is 0 Å². The van der Waals surface area contributed by atoms with Gasteiger partial charge in [-0.2, -0.15) is 13.7 Å². The van der Waals surface area contributed by atoms with Crippen LogP contribution in [0.5, 0.6) is 0 Å². The van der Waals surface area contributed by atoms with E-state index in [2.05, 4.69) is 22.0 Å². The maximum atomic E-state index is 11.9. The van der Waals surface area contributed by atoms with Crippen LogP contribution in [0.2, 0.25) is 0 Å². The molecular weight excluding hydrogens is 1060 g/mol. The van der Waals surface area contributed by atoms with E-state index in [-0.39, 0.29) is 50.6 Å². The Hall–Kier alpha value is -6.89. The van der Waals surface area contributed by atoms with Crippen molar-refractivity contribution in [1.82, 2.24) is 16.0 Å². The molecule has 0 radical (unpaired) electrons. The van der Waals surface area contributed by atoms with Crippen LogP contribution in [0.1, 0.15) is 165 Å². The highest BCUT2D eigenvalue weighted by atomic mass is 32.2. The van der Waals surface area contributed by atoms with Gasteiger partial charge in [0.15, 0.2) is 0 Å². The molecule has 5 aromatic rings. The first-order chi connectivity index (χ1) is 38.6. The van der Waals surface area contributed by atoms with Crippen LogP contribution in [0.15, 0.2) is 152 Å². The van der Waals surface area contributed by atoms with Crippen LogP contribution in [-0.2, 0) is 28.5 Å². The maximum Gasteiger partial charge on any atom is 0.408 e. The van der Waals surface area contributed by atoms with Gasteiger partial charge in [-0.05, 0) is 129 Å². The van der Waals surface area contributed by atoms with Crippen LogP contribution in [0.4, 0.5) is 14.4 Å². The largest absolute Gasteiger partial charge is 0.444 e. The summed E-state index contributed by atoms with van der Waals surface area (Å²) in [6.07, 6.45) is 3.49. The Bertz CT molecular complexity index is 2630. The minimum Gasteiger partial charge on any atom is -0.444 e. The lowest BCUT2D eigenvalue weighted by molar-refractivity contribution is 0.0484. The van der Waals surface area contributed by atoms with E-state index in [0.717, 1.165) is 46.9 Å². The number of carbonyl (C=O) groups excluding carboxylic acids is 3. The van der Waals surface area contributed by atoms with Crippen LogP contribution >= 0.6 is 0 Å². The predicted octanol–water partition coefficient (Wildman–Crippen LogP) is 11.3. The molecule has 5 aromatic carbocycles. The van der Waals surface area contributed by atoms with Gasteiger partial charge in [-0.15, -0.1) is 0 Å². The van der Waals surface area contributed by atoms with E-state index in [1.165, 1.54) is 0 Å². The Morgan fingerprint density at radius 3 is 1.05 bits per heavy atom. The highest BCUT2D eigenvalue weighted by Gasteiger charge is 2.23. The van der Waals surface area contributed by atoms with E-state index in [1.807, 2.05) is 193 Å². The number of hydrogen-bond donors (Lipinski definition) is 8. The zero-order valence-corrected chi connectivity index (χ0v) is 50.4. The van der Waals surface area contributed by atoms with Crippen LogP contribution in [0.25, 0.3) is 0 Å². The molecule has 0 saturated carbocycles. The molecule has 0 aliphatic rings. The number of ether oxygens (including phenoxy) is 3. The average Bonchev–Trinajstić information content (AvgIpc) is 3.45. The molecule has 5 atom stereocenters. The van der Waals surface area contributed by atoms with Crippen molar-refractivity contribution >= 4 is 28.4 Å². The van der Waals surface area contributed by atoms with Gasteiger partial charge in [-0.25, -0.2) is 14.4 Å². The Labute approximate surface area is 488 Å². The minimum atomic E-state index is -3.50. The van der Waals surface area contributed by atoms with E-state index in [4.69, 9.17) is 50.4 Å². The molecule has 0 fully saturated rings. The quantitative estimate of drug-likeness (QED) is 0.0250. The lowest BCUT2D eigenvalue weighted by atomic mass is 10.0. The molecule has 0 saturated heterocycles. The molecule has 3 amide bonds. The first-order valence-electron chi connectivity index (χ1n) is 27.4. The predicted molar refractivity (Wildman–Crippen MR) is 322 cm³/mol. The highest BCUT2D eigenvalue weighted by Crippen LogP contribution is 2.22. The van der Waals surface area contributed by atoms with Crippen LogP contribution in [0.3, 0.4) is 0 Å². The lowest BCUT2D eigenvalue weighted by Crippen LogP contribution is -2.35. The number of benzene rings is 5. The van der Waals surface area contributed by atoms with Crippen molar-refractivity contribution in [2.24, 2.45) is 11.5 Å². The van der Waals surface area contributed by atoms with Crippen LogP contribution in [0, 0.1) is 11.3 Å². The number of nitrogens with zero attached hydrogens (tertiary/aromatic N) is 1. The third kappa shape index (κ3) is 37.2. The molecule has 0 unspecified atom stereocenters. The monoisotopic (exact) mass is 1160 g/mol. The van der Waals surface area contributed by atoms with Crippen LogP contribution < -0.4 is 27.4 Å². The Morgan fingerprint density at radius 1 is 0.476 bits per heavy atom. The molecule has 5 rings (SSSR count). The van der Waals surface area contributed by atoms with Crippen molar-refractivity contribution in [3.05, 3.63) is 179 Å². The molecule has 452 valence electrons. The van der Waals surface area contributed by atoms with Crippen molar-refractivity contribution in [3.8, 4) is 6.07 Å². The van der Waals surface area contributed by atoms with Crippen molar-refractivity contribution in [3.63, 3.8) is 0 Å². The molecule has 0 aliphatic carbocycles. The van der Waals surface area contributed by atoms with Crippen molar-refractivity contribution < 1.29 is 56.5 Å². The van der Waals surface area contributed by atoms with Gasteiger partial charge < -0.3 is 56.9 Å². The molecule has 10 N–H and O–H groups in total. The minimum absolute atomic E-state index is 0.00928. The zero-order valence-electron chi connectivity index (χ0n) is 49.6. The molecule has 82 heavy (non-hydrogen) atoms. The molecule has 0 bridgehead atoms. The number of alkyl carbamates (subject to hydrolysis) is 3. The topological polar surface area (TPSA) is 295 Å². The molecule has 0 aliphatic heterocycles. The van der Waals surface area contributed by atoms with Gasteiger partial charge >= 0.3 is 18.3 Å². The maximum absolute atomic E-state index is 11.9. The third-order valence-corrected chi connectivity index (χ3v) is 11.5. The summed E-state index contributed by atoms with van der Waals surface area (Å²) in [4.78, 5) is 35.4. The molecule has 18 nitrogen and oxygen atoms in total. The van der Waals surface area contributed by atoms with Gasteiger partial charge in [-0.3, -0.25) is 4.18 Å². The Kier molecular flexibility index (Phi) is 35.2. The summed E-state index contributed by atoms with van der Waals surface area (Å²) in [7, 11) is -3.50. The van der Waals surface area contributed by atoms with Gasteiger partial charge in [0.25, 0.3) is 10.1 Å². The summed E-state index contributed by atoms with van der Waals surface area (Å²) < 4.78 is 42.5. The summed E-state index contributed by atoms with van der Waals surface area (Å²) in [5, 5.41) is 43.3. The molecular formula is C63H92N6O12S. The van der Waals surface area contributed by atoms with E-state index in [0.29, 0.717) is 32.1 Å². The second kappa shape index (κ2) is 39.5. The van der Waals surface area contributed by atoms with Crippen molar-refractivity contribution in [1.29, 1.82) is 5.26 Å². The van der Waals surface area contributed by atoms with Crippen molar-refractivity contribution in [2.75, 3.05) is 32.7 Å². The summed E-state index contributed by atoms with van der Waals surface area (Å²) in [5.74, 6) is 0. The Balaban J connectivity index is 0.000000523. The molecule has 0 spiro atoms. The molecule has 0 aromatic heterocycles. The summed E-state index contributed by atoms with van der Waals surface area (Å²) >= 11 is 0. The number of nitrogens with one attached hydrogen (secondary N) is 3. The zero-order chi connectivity index (χ0) is 61.6. The fourth-order valence-corrected chi connectivity index (χ4v) is 7.61. The SMILES string of the molecule is CC(C)(C)OC(=O)N[C@@H](CCC#N)c1ccccc1.CC(C)(C)OC(=O)N[C@@H](CCO)c1ccccc1.CC(C)(C)OC(=O)N[C@@H](CCOS(C)(=O)=O)c1ccccc1.N[C@@H](CCCO)c1ccccc1.N[C@@H](CCO)c1ccccc1. The smallest absolute Gasteiger partial charge is 0.408 e. The number of rotatable bonds is 21. The van der Waals surface area contributed by atoms with E-state index in [9.17, 15) is 22.8 Å². The Morgan fingerprint density at radius 2 is 0.768 bits per heavy atom. The average molecular weight is 1160 g/mol. The number of aliphatic hydroxyl groups excluding tert-OH is 3. The summed E-state index contributed by atoms with van der Waals surface area (Å²) in [6, 6.07) is 49.5. The summed E-state index contributed by atoms with van der Waals surface area (Å²) in [5.41, 5.74) is 15.0. The van der Waals surface area contributed by atoms with E-state index in [1.54, 1.807) is 20.8 Å². The fourth-order valence-electron chi connectivity index (χ4n) is 7.21. The second-order valence-electron chi connectivity index (χ2n) is 21.8. The number of nitriles is 1. The molecule has 19 heteroatoms. The lowest BCUT2D eigenvalue weighted by Gasteiger charge is -2.24. The van der Waals surface area contributed by atoms with Gasteiger partial charge in [0.05, 0.1) is 37.1 Å². The van der Waals surface area contributed by atoms with Gasteiger partial charge in [-0.1, -0.05) is 152 Å². The van der Waals surface area contributed by atoms with Gasteiger partial charge in [0.1, 0.15) is 16.8 Å². The number of carbonyl (C=O) groups is 3. The number of amides is 3. The number of hydrogen-bond acceptors (Lipinski definition) is 15. The van der Waals surface area contributed by atoms with Gasteiger partial charge in [0.2, 0.25) is 0 Å². The van der Waals surface area contributed by atoms with Crippen LogP contribution in [-0.4, -0.2) is 91.5 Å². The normalized spacial score (nSPS) is 12.9. The first kappa shape index (κ1) is 73.1. The number of nitrogens with two attached hydrogens (primary N) is 2. The fraction of sp³-hybridized carbons (Fsp3) is 0.460. The second-order valence-corrected chi connectivity index (χ2v) is 23.4. The third-order valence-electron chi connectivity index (χ3n) is 10.9.